The summed E-state index contributed by atoms with van der Waals surface area (Å²) < 4.78 is 73.7. The average Bonchev–Trinajstić information content (AvgIpc) is 2.81. The zero-order valence-corrected chi connectivity index (χ0v) is 20.8. The monoisotopic (exact) mass is 519 g/mol. The first-order valence-electron chi connectivity index (χ1n) is 12.3. The molecular formula is C25H34F5N3O3. The van der Waals surface area contributed by atoms with Gasteiger partial charge in [0.05, 0.1) is 24.3 Å². The first kappa shape index (κ1) is 28.3. The van der Waals surface area contributed by atoms with Gasteiger partial charge in [-0.1, -0.05) is 6.92 Å². The Morgan fingerprint density at radius 1 is 1.00 bits per heavy atom. The molecule has 2 fully saturated rings. The highest BCUT2D eigenvalue weighted by atomic mass is 19.4. The quantitative estimate of drug-likeness (QED) is 0.547. The normalized spacial score (nSPS) is 22.5. The molecule has 36 heavy (non-hydrogen) atoms. The molecule has 11 heteroatoms. The van der Waals surface area contributed by atoms with Crippen molar-refractivity contribution >= 4 is 11.8 Å². The third kappa shape index (κ3) is 7.38. The van der Waals surface area contributed by atoms with Crippen LogP contribution in [-0.2, 0) is 21.6 Å². The van der Waals surface area contributed by atoms with Crippen LogP contribution >= 0.6 is 0 Å². The third-order valence-electron chi connectivity index (χ3n) is 6.76. The summed E-state index contributed by atoms with van der Waals surface area (Å²) in [5.41, 5.74) is -2.57. The molecule has 2 amide bonds. The van der Waals surface area contributed by atoms with Crippen LogP contribution < -0.4 is 5.32 Å². The van der Waals surface area contributed by atoms with Crippen molar-refractivity contribution < 1.29 is 36.3 Å². The van der Waals surface area contributed by atoms with Crippen LogP contribution in [0.1, 0.15) is 61.5 Å². The van der Waals surface area contributed by atoms with Gasteiger partial charge in [0.25, 0.3) is 11.8 Å². The molecule has 2 aliphatic rings. The second kappa shape index (κ2) is 11.4. The summed E-state index contributed by atoms with van der Waals surface area (Å²) in [6, 6.07) is 1.81. The van der Waals surface area contributed by atoms with Crippen molar-refractivity contribution in [2.45, 2.75) is 64.3 Å². The Morgan fingerprint density at radius 3 is 2.14 bits per heavy atom. The van der Waals surface area contributed by atoms with Crippen LogP contribution in [0.25, 0.3) is 0 Å². The second-order valence-corrected chi connectivity index (χ2v) is 9.84. The lowest BCUT2D eigenvalue weighted by atomic mass is 9.96. The van der Waals surface area contributed by atoms with E-state index in [0.717, 1.165) is 6.07 Å². The molecule has 0 radical (unpaired) electrons. The van der Waals surface area contributed by atoms with Crippen molar-refractivity contribution in [2.24, 2.45) is 5.92 Å². The van der Waals surface area contributed by atoms with Crippen molar-refractivity contribution in [3.8, 4) is 0 Å². The van der Waals surface area contributed by atoms with E-state index in [1.165, 1.54) is 6.92 Å². The van der Waals surface area contributed by atoms with Crippen LogP contribution in [0, 0.1) is 5.92 Å². The lowest BCUT2D eigenvalue weighted by molar-refractivity contribution is -0.138. The van der Waals surface area contributed by atoms with E-state index in [0.29, 0.717) is 57.7 Å². The molecule has 0 aliphatic carbocycles. The van der Waals surface area contributed by atoms with E-state index in [-0.39, 0.29) is 30.6 Å². The van der Waals surface area contributed by atoms with Gasteiger partial charge in [0.1, 0.15) is 0 Å². The third-order valence-corrected chi connectivity index (χ3v) is 6.76. The largest absolute Gasteiger partial charge is 0.416 e. The second-order valence-electron chi connectivity index (χ2n) is 9.84. The summed E-state index contributed by atoms with van der Waals surface area (Å²) in [6.07, 6.45) is -4.15. The number of alkyl halides is 5. The maximum atomic E-state index is 14.1. The number of amides is 2. The molecular weight excluding hydrogens is 485 g/mol. The highest BCUT2D eigenvalue weighted by Gasteiger charge is 2.37. The fourth-order valence-corrected chi connectivity index (χ4v) is 4.77. The Hall–Kier alpha value is -2.27. The molecule has 0 aromatic heterocycles. The van der Waals surface area contributed by atoms with Crippen molar-refractivity contribution in [2.75, 3.05) is 39.3 Å². The van der Waals surface area contributed by atoms with Crippen molar-refractivity contribution in [3.63, 3.8) is 0 Å². The smallest absolute Gasteiger partial charge is 0.373 e. The summed E-state index contributed by atoms with van der Waals surface area (Å²) in [7, 11) is 0. The number of benzene rings is 1. The lowest BCUT2D eigenvalue weighted by Crippen LogP contribution is -2.51. The molecule has 0 saturated carbocycles. The fourth-order valence-electron chi connectivity index (χ4n) is 4.77. The van der Waals surface area contributed by atoms with Crippen LogP contribution in [0.4, 0.5) is 22.0 Å². The minimum Gasteiger partial charge on any atom is -0.373 e. The molecule has 0 bridgehead atoms. The van der Waals surface area contributed by atoms with Gasteiger partial charge in [-0.25, -0.2) is 8.78 Å². The molecule has 202 valence electrons. The molecule has 2 aliphatic heterocycles. The van der Waals surface area contributed by atoms with Crippen molar-refractivity contribution in [1.82, 2.24) is 15.1 Å². The summed E-state index contributed by atoms with van der Waals surface area (Å²) >= 11 is 0. The Bertz CT molecular complexity index is 922. The number of hydrogen-bond acceptors (Lipinski definition) is 4. The molecule has 1 aromatic carbocycles. The van der Waals surface area contributed by atoms with E-state index in [9.17, 15) is 31.5 Å². The summed E-state index contributed by atoms with van der Waals surface area (Å²) in [5.74, 6) is -4.24. The zero-order valence-electron chi connectivity index (χ0n) is 20.8. The van der Waals surface area contributed by atoms with Crippen LogP contribution in [0.5, 0.6) is 0 Å². The molecule has 2 heterocycles. The van der Waals surface area contributed by atoms with Gasteiger partial charge in [-0.15, -0.1) is 0 Å². The van der Waals surface area contributed by atoms with E-state index in [2.05, 4.69) is 10.2 Å². The molecule has 2 unspecified atom stereocenters. The Kier molecular flexibility index (Phi) is 8.97. The van der Waals surface area contributed by atoms with Gasteiger partial charge in [-0.2, -0.15) is 13.2 Å². The minimum atomic E-state index is -4.86. The van der Waals surface area contributed by atoms with Crippen molar-refractivity contribution in [3.05, 3.63) is 34.9 Å². The summed E-state index contributed by atoms with van der Waals surface area (Å²) in [6.45, 7) is 8.05. The SMILES string of the molecule is CCC(F)(F)c1cc(C(=O)NCC2CCN(C(=O)CN3CC(C)OC(C)C3)CC2)cc(C(F)(F)F)c1. The van der Waals surface area contributed by atoms with Crippen LogP contribution in [0.15, 0.2) is 18.2 Å². The van der Waals surface area contributed by atoms with Crippen LogP contribution in [0.2, 0.25) is 0 Å². The van der Waals surface area contributed by atoms with E-state index < -0.39 is 41.1 Å². The molecule has 1 N–H and O–H groups in total. The van der Waals surface area contributed by atoms with Crippen LogP contribution in [-0.4, -0.2) is 73.1 Å². The van der Waals surface area contributed by atoms with Gasteiger partial charge in [-0.05, 0) is 50.8 Å². The highest BCUT2D eigenvalue weighted by molar-refractivity contribution is 5.94. The maximum Gasteiger partial charge on any atom is 0.416 e. The maximum absolute atomic E-state index is 14.1. The van der Waals surface area contributed by atoms with E-state index in [1.54, 1.807) is 4.90 Å². The van der Waals surface area contributed by atoms with Gasteiger partial charge in [0.2, 0.25) is 5.91 Å². The van der Waals surface area contributed by atoms with Gasteiger partial charge in [0.15, 0.2) is 0 Å². The lowest BCUT2D eigenvalue weighted by Gasteiger charge is -2.37. The number of rotatable bonds is 7. The van der Waals surface area contributed by atoms with E-state index in [4.69, 9.17) is 4.74 Å². The topological polar surface area (TPSA) is 61.9 Å². The Balaban J connectivity index is 1.53. The first-order chi connectivity index (χ1) is 16.8. The minimum absolute atomic E-state index is 0.0313. The fraction of sp³-hybridized carbons (Fsp3) is 0.680. The predicted octanol–water partition coefficient (Wildman–Crippen LogP) is 4.28. The number of carbonyl (C=O) groups excluding carboxylic acids is 2. The number of halogens is 5. The van der Waals surface area contributed by atoms with Crippen molar-refractivity contribution in [1.29, 1.82) is 0 Å². The molecule has 0 spiro atoms. The van der Waals surface area contributed by atoms with E-state index >= 15 is 0 Å². The van der Waals surface area contributed by atoms with Gasteiger partial charge in [0, 0.05) is 50.3 Å². The average molecular weight is 520 g/mol. The Morgan fingerprint density at radius 2 is 1.58 bits per heavy atom. The van der Waals surface area contributed by atoms with Gasteiger partial charge in [-0.3, -0.25) is 14.5 Å². The van der Waals surface area contributed by atoms with Crippen LogP contribution in [0.3, 0.4) is 0 Å². The number of hydrogen-bond donors (Lipinski definition) is 1. The van der Waals surface area contributed by atoms with E-state index in [1.807, 2.05) is 13.8 Å². The number of ether oxygens (including phenoxy) is 1. The first-order valence-corrected chi connectivity index (χ1v) is 12.3. The standard InChI is InChI=1S/C25H34F5N3O3/c1-4-24(26,27)20-9-19(10-21(11-20)25(28,29)30)23(35)31-12-18-5-7-33(8-6-18)22(34)15-32-13-16(2)36-17(3)14-32/h9-11,16-18H,4-8,12-15H2,1-3H3,(H,31,35). The predicted molar refractivity (Wildman–Crippen MR) is 124 cm³/mol. The molecule has 2 saturated heterocycles. The number of morpholine rings is 1. The number of nitrogens with zero attached hydrogens (tertiary/aromatic N) is 2. The number of likely N-dealkylation sites (tertiary alicyclic amines) is 1. The molecule has 6 nitrogen and oxygen atoms in total. The summed E-state index contributed by atoms with van der Waals surface area (Å²) in [5, 5.41) is 2.59. The zero-order chi connectivity index (χ0) is 26.7. The number of piperidine rings is 1. The molecule has 3 rings (SSSR count). The highest BCUT2D eigenvalue weighted by Crippen LogP contribution is 2.37. The Labute approximate surface area is 208 Å². The molecule has 2 atom stereocenters. The van der Waals surface area contributed by atoms with Gasteiger partial charge < -0.3 is 15.0 Å². The number of carbonyl (C=O) groups is 2. The number of nitrogens with one attached hydrogen (secondary N) is 1. The van der Waals surface area contributed by atoms with Gasteiger partial charge >= 0.3 is 6.18 Å². The molecule has 1 aromatic rings. The summed E-state index contributed by atoms with van der Waals surface area (Å²) in [4.78, 5) is 29.2.